The molecule has 0 saturated carbocycles. The maximum atomic E-state index is 10.6. The second-order valence-corrected chi connectivity index (χ2v) is 7.62. The van der Waals surface area contributed by atoms with Crippen LogP contribution in [0.3, 0.4) is 0 Å². The fourth-order valence-electron chi connectivity index (χ4n) is 2.99. The zero-order valence-corrected chi connectivity index (χ0v) is 16.0. The first-order valence-electron chi connectivity index (χ1n) is 9.95. The Balaban J connectivity index is 3.25. The normalized spacial score (nSPS) is 11.8. The van der Waals surface area contributed by atoms with Gasteiger partial charge >= 0.3 is 5.97 Å². The van der Waals surface area contributed by atoms with E-state index in [0.29, 0.717) is 0 Å². The molecule has 0 aliphatic heterocycles. The Hall–Kier alpha value is -0.570. The molecule has 0 atom stereocenters. The van der Waals surface area contributed by atoms with Crippen LogP contribution in [0.15, 0.2) is 0 Å². The van der Waals surface area contributed by atoms with Crippen molar-refractivity contribution >= 4 is 5.97 Å². The highest BCUT2D eigenvalue weighted by Crippen LogP contribution is 2.16. The van der Waals surface area contributed by atoms with Gasteiger partial charge in [-0.3, -0.25) is 4.79 Å². The quantitative estimate of drug-likeness (QED) is 0.326. The van der Waals surface area contributed by atoms with E-state index in [1.807, 2.05) is 0 Å². The van der Waals surface area contributed by atoms with Gasteiger partial charge in [-0.1, -0.05) is 90.4 Å². The van der Waals surface area contributed by atoms with Gasteiger partial charge in [0.1, 0.15) is 0 Å². The van der Waals surface area contributed by atoms with E-state index in [0.717, 1.165) is 6.42 Å². The van der Waals surface area contributed by atoms with E-state index in [4.69, 9.17) is 5.11 Å². The van der Waals surface area contributed by atoms with Crippen molar-refractivity contribution in [3.05, 3.63) is 0 Å². The van der Waals surface area contributed by atoms with E-state index in [2.05, 4.69) is 26.1 Å². The number of carboxylic acid groups (broad SMARTS) is 1. The molecule has 0 aromatic carbocycles. The zero-order chi connectivity index (χ0) is 17.4. The van der Waals surface area contributed by atoms with Gasteiger partial charge in [0.25, 0.3) is 0 Å². The molecule has 0 heterocycles. The number of rotatable bonds is 17. The molecule has 0 rings (SSSR count). The van der Waals surface area contributed by atoms with Crippen molar-refractivity contribution in [2.45, 2.75) is 116 Å². The zero-order valence-electron chi connectivity index (χ0n) is 16.0. The molecule has 0 unspecified atom stereocenters. The van der Waals surface area contributed by atoms with Gasteiger partial charge in [0.2, 0.25) is 0 Å². The van der Waals surface area contributed by atoms with Crippen molar-refractivity contribution in [2.75, 3.05) is 6.54 Å². The van der Waals surface area contributed by atoms with Crippen molar-refractivity contribution in [1.29, 1.82) is 0 Å². The maximum Gasteiger partial charge on any atom is 0.317 e. The van der Waals surface area contributed by atoms with E-state index in [-0.39, 0.29) is 12.1 Å². The van der Waals surface area contributed by atoms with E-state index in [1.165, 1.54) is 83.5 Å². The van der Waals surface area contributed by atoms with Crippen LogP contribution in [0.1, 0.15) is 111 Å². The van der Waals surface area contributed by atoms with Crippen molar-refractivity contribution in [1.82, 2.24) is 5.32 Å². The van der Waals surface area contributed by atoms with Crippen LogP contribution < -0.4 is 5.32 Å². The van der Waals surface area contributed by atoms with Crippen LogP contribution in [-0.2, 0) is 4.79 Å². The predicted molar refractivity (Wildman–Crippen MR) is 100 cm³/mol. The number of nitrogens with one attached hydrogen (secondary N) is 1. The number of carbonyl (C=O) groups is 1. The van der Waals surface area contributed by atoms with Crippen LogP contribution in [0.25, 0.3) is 0 Å². The summed E-state index contributed by atoms with van der Waals surface area (Å²) >= 11 is 0. The molecule has 0 fully saturated rings. The molecule has 3 nitrogen and oxygen atoms in total. The lowest BCUT2D eigenvalue weighted by Crippen LogP contribution is -2.42. The number of aliphatic carboxylic acids is 1. The summed E-state index contributed by atoms with van der Waals surface area (Å²) in [5.41, 5.74) is -0.0594. The monoisotopic (exact) mass is 327 g/mol. The average molecular weight is 328 g/mol. The van der Waals surface area contributed by atoms with Gasteiger partial charge in [-0.05, 0) is 20.3 Å². The van der Waals surface area contributed by atoms with E-state index >= 15 is 0 Å². The molecular weight excluding hydrogens is 286 g/mol. The second kappa shape index (κ2) is 15.0. The topological polar surface area (TPSA) is 49.3 Å². The highest BCUT2D eigenvalue weighted by molar-refractivity contribution is 5.69. The van der Waals surface area contributed by atoms with Crippen molar-refractivity contribution < 1.29 is 9.90 Å². The molecule has 3 heteroatoms. The Kier molecular flexibility index (Phi) is 14.6. The lowest BCUT2D eigenvalue weighted by molar-refractivity contribution is -0.136. The van der Waals surface area contributed by atoms with Gasteiger partial charge in [0, 0.05) is 5.54 Å². The first kappa shape index (κ1) is 22.4. The molecule has 2 N–H and O–H groups in total. The first-order valence-corrected chi connectivity index (χ1v) is 9.95. The summed E-state index contributed by atoms with van der Waals surface area (Å²) < 4.78 is 0. The molecule has 0 aliphatic rings. The third-order valence-electron chi connectivity index (χ3n) is 4.62. The smallest absolute Gasteiger partial charge is 0.317 e. The van der Waals surface area contributed by atoms with Gasteiger partial charge in [0.05, 0.1) is 6.54 Å². The van der Waals surface area contributed by atoms with Gasteiger partial charge in [-0.15, -0.1) is 0 Å². The molecule has 0 aliphatic carbocycles. The lowest BCUT2D eigenvalue weighted by Gasteiger charge is -2.25. The molecule has 0 saturated heterocycles. The third kappa shape index (κ3) is 17.6. The Morgan fingerprint density at radius 3 is 1.57 bits per heavy atom. The Morgan fingerprint density at radius 2 is 1.17 bits per heavy atom. The van der Waals surface area contributed by atoms with Gasteiger partial charge < -0.3 is 10.4 Å². The van der Waals surface area contributed by atoms with E-state index in [9.17, 15) is 4.79 Å². The van der Waals surface area contributed by atoms with Gasteiger partial charge in [-0.25, -0.2) is 0 Å². The second-order valence-electron chi connectivity index (χ2n) is 7.62. The molecule has 0 aromatic heterocycles. The number of unbranched alkanes of at least 4 members (excludes halogenated alkanes) is 12. The highest BCUT2D eigenvalue weighted by atomic mass is 16.4. The van der Waals surface area contributed by atoms with Crippen LogP contribution in [0.2, 0.25) is 0 Å². The summed E-state index contributed by atoms with van der Waals surface area (Å²) in [5.74, 6) is -0.775. The van der Waals surface area contributed by atoms with Crippen LogP contribution in [0, 0.1) is 0 Å². The first-order chi connectivity index (χ1) is 11.0. The molecule has 0 aromatic rings. The minimum atomic E-state index is -0.775. The van der Waals surface area contributed by atoms with Crippen LogP contribution >= 0.6 is 0 Å². The summed E-state index contributed by atoms with van der Waals surface area (Å²) in [6.45, 7) is 6.52. The summed E-state index contributed by atoms with van der Waals surface area (Å²) in [5, 5.41) is 11.8. The van der Waals surface area contributed by atoms with Crippen molar-refractivity contribution in [3.8, 4) is 0 Å². The largest absolute Gasteiger partial charge is 0.480 e. The van der Waals surface area contributed by atoms with E-state index < -0.39 is 5.97 Å². The molecule has 0 spiro atoms. The fourth-order valence-corrected chi connectivity index (χ4v) is 2.99. The average Bonchev–Trinajstić information content (AvgIpc) is 2.50. The maximum absolute atomic E-state index is 10.6. The van der Waals surface area contributed by atoms with Gasteiger partial charge in [-0.2, -0.15) is 0 Å². The standard InChI is InChI=1S/C20H41NO2/c1-4-5-6-7-8-9-10-11-12-13-14-15-16-17-20(2,3)21-18-19(22)23/h21H,4-18H2,1-3H3,(H,22,23). The molecule has 0 amide bonds. The summed E-state index contributed by atoms with van der Waals surface area (Å²) in [7, 11) is 0. The van der Waals surface area contributed by atoms with Crippen LogP contribution in [0.4, 0.5) is 0 Å². The Labute approximate surface area is 144 Å². The van der Waals surface area contributed by atoms with Crippen LogP contribution in [-0.4, -0.2) is 23.2 Å². The van der Waals surface area contributed by atoms with Crippen LogP contribution in [0.5, 0.6) is 0 Å². The van der Waals surface area contributed by atoms with E-state index in [1.54, 1.807) is 0 Å². The Bertz CT molecular complexity index is 277. The van der Waals surface area contributed by atoms with Crippen molar-refractivity contribution in [3.63, 3.8) is 0 Å². The summed E-state index contributed by atoms with van der Waals surface area (Å²) in [6, 6.07) is 0. The Morgan fingerprint density at radius 1 is 0.783 bits per heavy atom. The van der Waals surface area contributed by atoms with Crippen molar-refractivity contribution in [2.24, 2.45) is 0 Å². The lowest BCUT2D eigenvalue weighted by atomic mass is 9.96. The molecule has 23 heavy (non-hydrogen) atoms. The summed E-state index contributed by atoms with van der Waals surface area (Å²) in [6.07, 6.45) is 18.9. The predicted octanol–water partition coefficient (Wildman–Crippen LogP) is 5.92. The summed E-state index contributed by atoms with van der Waals surface area (Å²) in [4.78, 5) is 10.6. The third-order valence-corrected chi connectivity index (χ3v) is 4.62. The number of hydrogen-bond donors (Lipinski definition) is 2. The number of hydrogen-bond acceptors (Lipinski definition) is 2. The minimum Gasteiger partial charge on any atom is -0.480 e. The van der Waals surface area contributed by atoms with Gasteiger partial charge in [0.15, 0.2) is 0 Å². The molecule has 0 bridgehead atoms. The highest BCUT2D eigenvalue weighted by Gasteiger charge is 2.17. The SMILES string of the molecule is CCCCCCCCCCCCCCCC(C)(C)NCC(=O)O. The number of carboxylic acids is 1. The molecular formula is C20H41NO2. The fraction of sp³-hybridized carbons (Fsp3) is 0.950. The minimum absolute atomic E-state index is 0.0594. The molecule has 138 valence electrons. The molecule has 0 radical (unpaired) electrons.